The molecule has 0 unspecified atom stereocenters. The molecular formula is C14H15ClN2O. The molecule has 4 heteroatoms. The Kier molecular flexibility index (Phi) is 4.05. The standard InChI is InChI=1S/C14H15ClN2O/c1-17(14-8-5-12(15)9-16-14)10-11-3-6-13(18-2)7-4-11/h3-9H,10H2,1-2H3. The van der Waals surface area contributed by atoms with E-state index in [1.54, 1.807) is 13.3 Å². The minimum atomic E-state index is 0.650. The second kappa shape index (κ2) is 5.74. The van der Waals surface area contributed by atoms with Gasteiger partial charge in [-0.15, -0.1) is 0 Å². The number of benzene rings is 1. The highest BCUT2D eigenvalue weighted by Gasteiger charge is 2.03. The van der Waals surface area contributed by atoms with Crippen molar-refractivity contribution >= 4 is 17.4 Å². The van der Waals surface area contributed by atoms with Crippen molar-refractivity contribution in [1.82, 2.24) is 4.98 Å². The van der Waals surface area contributed by atoms with Crippen LogP contribution in [0.5, 0.6) is 5.75 Å². The molecule has 2 rings (SSSR count). The van der Waals surface area contributed by atoms with Gasteiger partial charge in [-0.2, -0.15) is 0 Å². The molecule has 18 heavy (non-hydrogen) atoms. The number of aromatic nitrogens is 1. The zero-order valence-electron chi connectivity index (χ0n) is 10.4. The lowest BCUT2D eigenvalue weighted by Crippen LogP contribution is -2.17. The zero-order valence-corrected chi connectivity index (χ0v) is 11.2. The maximum Gasteiger partial charge on any atom is 0.128 e. The van der Waals surface area contributed by atoms with Crippen molar-refractivity contribution in [2.24, 2.45) is 0 Å². The summed E-state index contributed by atoms with van der Waals surface area (Å²) in [6.45, 7) is 0.790. The van der Waals surface area contributed by atoms with Crippen LogP contribution in [0.25, 0.3) is 0 Å². The van der Waals surface area contributed by atoms with Gasteiger partial charge in [-0.3, -0.25) is 0 Å². The number of halogens is 1. The van der Waals surface area contributed by atoms with Crippen molar-refractivity contribution in [2.75, 3.05) is 19.1 Å². The lowest BCUT2D eigenvalue weighted by Gasteiger charge is -2.18. The molecule has 0 aliphatic heterocycles. The quantitative estimate of drug-likeness (QED) is 0.845. The third kappa shape index (κ3) is 3.14. The number of rotatable bonds is 4. The molecule has 0 aliphatic rings. The molecule has 0 bridgehead atoms. The summed E-state index contributed by atoms with van der Waals surface area (Å²) in [4.78, 5) is 6.34. The Labute approximate surface area is 112 Å². The Morgan fingerprint density at radius 3 is 2.44 bits per heavy atom. The predicted molar refractivity (Wildman–Crippen MR) is 74.3 cm³/mol. The first-order chi connectivity index (χ1) is 8.69. The van der Waals surface area contributed by atoms with E-state index in [1.807, 2.05) is 43.4 Å². The van der Waals surface area contributed by atoms with E-state index in [2.05, 4.69) is 9.88 Å². The Morgan fingerprint density at radius 1 is 1.17 bits per heavy atom. The number of hydrogen-bond donors (Lipinski definition) is 0. The third-order valence-corrected chi connectivity index (χ3v) is 2.91. The first kappa shape index (κ1) is 12.7. The first-order valence-corrected chi connectivity index (χ1v) is 6.02. The largest absolute Gasteiger partial charge is 0.497 e. The summed E-state index contributed by atoms with van der Waals surface area (Å²) in [5.41, 5.74) is 1.20. The Balaban J connectivity index is 2.05. The molecule has 0 spiro atoms. The Morgan fingerprint density at radius 2 is 1.89 bits per heavy atom. The van der Waals surface area contributed by atoms with Crippen molar-refractivity contribution in [1.29, 1.82) is 0 Å². The summed E-state index contributed by atoms with van der Waals surface area (Å²) in [5.74, 6) is 1.77. The minimum Gasteiger partial charge on any atom is -0.497 e. The van der Waals surface area contributed by atoms with Crippen LogP contribution in [-0.2, 0) is 6.54 Å². The SMILES string of the molecule is COc1ccc(CN(C)c2ccc(Cl)cn2)cc1. The van der Waals surface area contributed by atoms with Crippen molar-refractivity contribution in [2.45, 2.75) is 6.54 Å². The molecule has 0 saturated heterocycles. The van der Waals surface area contributed by atoms with Gasteiger partial charge in [0.05, 0.1) is 12.1 Å². The Bertz CT molecular complexity index is 496. The van der Waals surface area contributed by atoms with Crippen molar-refractivity contribution in [3.05, 3.63) is 53.2 Å². The topological polar surface area (TPSA) is 25.4 Å². The molecule has 0 saturated carbocycles. The molecule has 0 atom stereocenters. The van der Waals surface area contributed by atoms with Gasteiger partial charge in [0, 0.05) is 19.8 Å². The van der Waals surface area contributed by atoms with E-state index in [9.17, 15) is 0 Å². The average Bonchev–Trinajstić information content (AvgIpc) is 2.40. The van der Waals surface area contributed by atoms with E-state index < -0.39 is 0 Å². The molecule has 1 heterocycles. The summed E-state index contributed by atoms with van der Waals surface area (Å²) in [6.07, 6.45) is 1.65. The number of pyridine rings is 1. The summed E-state index contributed by atoms with van der Waals surface area (Å²) >= 11 is 5.82. The fourth-order valence-corrected chi connectivity index (χ4v) is 1.79. The van der Waals surface area contributed by atoms with Gasteiger partial charge >= 0.3 is 0 Å². The number of methoxy groups -OCH3 is 1. The van der Waals surface area contributed by atoms with E-state index in [4.69, 9.17) is 16.3 Å². The van der Waals surface area contributed by atoms with Gasteiger partial charge in [0.1, 0.15) is 11.6 Å². The van der Waals surface area contributed by atoms with Crippen LogP contribution in [0.4, 0.5) is 5.82 Å². The molecule has 0 fully saturated rings. The van der Waals surface area contributed by atoms with Crippen LogP contribution in [0.2, 0.25) is 5.02 Å². The highest BCUT2D eigenvalue weighted by Crippen LogP contribution is 2.17. The second-order valence-electron chi connectivity index (χ2n) is 4.04. The van der Waals surface area contributed by atoms with Crippen LogP contribution < -0.4 is 9.64 Å². The van der Waals surface area contributed by atoms with Gasteiger partial charge in [-0.1, -0.05) is 23.7 Å². The lowest BCUT2D eigenvalue weighted by molar-refractivity contribution is 0.414. The number of anilines is 1. The fraction of sp³-hybridized carbons (Fsp3) is 0.214. The van der Waals surface area contributed by atoms with Gasteiger partial charge in [0.2, 0.25) is 0 Å². The van der Waals surface area contributed by atoms with Gasteiger partial charge in [-0.25, -0.2) is 4.98 Å². The van der Waals surface area contributed by atoms with Crippen molar-refractivity contribution in [3.8, 4) is 5.75 Å². The lowest BCUT2D eigenvalue weighted by atomic mass is 10.2. The second-order valence-corrected chi connectivity index (χ2v) is 4.48. The predicted octanol–water partition coefficient (Wildman–Crippen LogP) is 3.38. The number of hydrogen-bond acceptors (Lipinski definition) is 3. The van der Waals surface area contributed by atoms with Crippen LogP contribution in [0.3, 0.4) is 0 Å². The molecule has 3 nitrogen and oxygen atoms in total. The highest BCUT2D eigenvalue weighted by atomic mass is 35.5. The first-order valence-electron chi connectivity index (χ1n) is 5.64. The normalized spacial score (nSPS) is 10.2. The minimum absolute atomic E-state index is 0.650. The molecule has 0 aliphatic carbocycles. The van der Waals surface area contributed by atoms with Gasteiger partial charge in [0.15, 0.2) is 0 Å². The molecule has 0 radical (unpaired) electrons. The highest BCUT2D eigenvalue weighted by molar-refractivity contribution is 6.30. The smallest absolute Gasteiger partial charge is 0.128 e. The summed E-state index contributed by atoms with van der Waals surface area (Å²) < 4.78 is 5.13. The van der Waals surface area contributed by atoms with E-state index in [-0.39, 0.29) is 0 Å². The third-order valence-electron chi connectivity index (χ3n) is 2.68. The monoisotopic (exact) mass is 262 g/mol. The summed E-state index contributed by atoms with van der Waals surface area (Å²) in [6, 6.07) is 11.8. The van der Waals surface area contributed by atoms with Crippen LogP contribution in [0.1, 0.15) is 5.56 Å². The maximum absolute atomic E-state index is 5.82. The van der Waals surface area contributed by atoms with Crippen LogP contribution >= 0.6 is 11.6 Å². The van der Waals surface area contributed by atoms with Crippen LogP contribution in [-0.4, -0.2) is 19.1 Å². The van der Waals surface area contributed by atoms with E-state index in [0.29, 0.717) is 5.02 Å². The number of ether oxygens (including phenoxy) is 1. The number of nitrogens with zero attached hydrogens (tertiary/aromatic N) is 2. The van der Waals surface area contributed by atoms with E-state index in [0.717, 1.165) is 18.1 Å². The van der Waals surface area contributed by atoms with Crippen molar-refractivity contribution in [3.63, 3.8) is 0 Å². The zero-order chi connectivity index (χ0) is 13.0. The van der Waals surface area contributed by atoms with Gasteiger partial charge in [0.25, 0.3) is 0 Å². The molecule has 1 aromatic heterocycles. The summed E-state index contributed by atoms with van der Waals surface area (Å²) in [5, 5.41) is 0.650. The molecular weight excluding hydrogens is 248 g/mol. The van der Waals surface area contributed by atoms with Gasteiger partial charge < -0.3 is 9.64 Å². The van der Waals surface area contributed by atoms with Crippen LogP contribution in [0, 0.1) is 0 Å². The molecule has 94 valence electrons. The Hall–Kier alpha value is -1.74. The maximum atomic E-state index is 5.82. The fourth-order valence-electron chi connectivity index (χ4n) is 1.68. The van der Waals surface area contributed by atoms with Crippen molar-refractivity contribution < 1.29 is 4.74 Å². The van der Waals surface area contributed by atoms with Crippen LogP contribution in [0.15, 0.2) is 42.6 Å². The molecule has 0 amide bonds. The van der Waals surface area contributed by atoms with Gasteiger partial charge in [-0.05, 0) is 29.8 Å². The molecule has 0 N–H and O–H groups in total. The van der Waals surface area contributed by atoms with E-state index in [1.165, 1.54) is 5.56 Å². The average molecular weight is 263 g/mol. The molecule has 2 aromatic rings. The van der Waals surface area contributed by atoms with E-state index >= 15 is 0 Å². The molecule has 1 aromatic carbocycles. The summed E-state index contributed by atoms with van der Waals surface area (Å²) in [7, 11) is 3.67.